The first-order valence-corrected chi connectivity index (χ1v) is 7.07. The van der Waals surface area contributed by atoms with Crippen molar-refractivity contribution < 1.29 is 0 Å². The summed E-state index contributed by atoms with van der Waals surface area (Å²) in [6, 6.07) is 7.90. The molecule has 2 rings (SSSR count). The monoisotopic (exact) mass is 277 g/mol. The molecule has 0 fully saturated rings. The zero-order chi connectivity index (χ0) is 13.7. The van der Waals surface area contributed by atoms with Crippen LogP contribution < -0.4 is 5.73 Å². The summed E-state index contributed by atoms with van der Waals surface area (Å²) in [6.45, 7) is 3.15. The molecule has 2 aromatic rings. The van der Waals surface area contributed by atoms with Crippen LogP contribution in [0, 0.1) is 0 Å². The second kappa shape index (κ2) is 6.73. The van der Waals surface area contributed by atoms with Gasteiger partial charge in [0, 0.05) is 36.4 Å². The van der Waals surface area contributed by atoms with Gasteiger partial charge in [0.05, 0.1) is 0 Å². The third-order valence-corrected chi connectivity index (χ3v) is 3.52. The Kier molecular flexibility index (Phi) is 5.00. The number of aromatic nitrogens is 2. The molecule has 0 bridgehead atoms. The molecule has 1 unspecified atom stereocenters. The molecule has 0 saturated carbocycles. The Balaban J connectivity index is 1.99. The summed E-state index contributed by atoms with van der Waals surface area (Å²) >= 11 is 6.15. The van der Waals surface area contributed by atoms with Crippen molar-refractivity contribution in [1.29, 1.82) is 0 Å². The molecule has 0 saturated heterocycles. The lowest BCUT2D eigenvalue weighted by molar-refractivity contribution is 0.582. The van der Waals surface area contributed by atoms with Crippen molar-refractivity contribution >= 4 is 11.6 Å². The fourth-order valence-electron chi connectivity index (χ4n) is 2.23. The van der Waals surface area contributed by atoms with E-state index < -0.39 is 0 Å². The molecule has 1 heterocycles. The first kappa shape index (κ1) is 14.1. The van der Waals surface area contributed by atoms with E-state index in [4.69, 9.17) is 17.3 Å². The number of imidazole rings is 1. The van der Waals surface area contributed by atoms with E-state index in [1.807, 2.05) is 36.7 Å². The molecule has 0 aliphatic carbocycles. The van der Waals surface area contributed by atoms with Crippen LogP contribution in [0.3, 0.4) is 0 Å². The highest BCUT2D eigenvalue weighted by Gasteiger charge is 2.11. The van der Waals surface area contributed by atoms with E-state index in [2.05, 4.69) is 16.5 Å². The molecule has 1 aromatic carbocycles. The molecule has 0 amide bonds. The van der Waals surface area contributed by atoms with Gasteiger partial charge in [-0.2, -0.15) is 0 Å². The SMILES string of the molecule is CCCn1ccnc1CC(N)Cc1ccccc1Cl. The first-order valence-electron chi connectivity index (χ1n) is 6.69. The standard InChI is InChI=1S/C15H20ClN3/c1-2-8-19-9-7-18-15(19)11-13(17)10-12-5-3-4-6-14(12)16/h3-7,9,13H,2,8,10-11,17H2,1H3. The van der Waals surface area contributed by atoms with Gasteiger partial charge < -0.3 is 10.3 Å². The molecule has 0 spiro atoms. The van der Waals surface area contributed by atoms with Crippen LogP contribution in [0.15, 0.2) is 36.7 Å². The smallest absolute Gasteiger partial charge is 0.110 e. The van der Waals surface area contributed by atoms with Gasteiger partial charge in [0.25, 0.3) is 0 Å². The molecular weight excluding hydrogens is 258 g/mol. The van der Waals surface area contributed by atoms with E-state index in [1.165, 1.54) is 0 Å². The average molecular weight is 278 g/mol. The van der Waals surface area contributed by atoms with Gasteiger partial charge in [-0.15, -0.1) is 0 Å². The molecule has 2 N–H and O–H groups in total. The fraction of sp³-hybridized carbons (Fsp3) is 0.400. The number of hydrogen-bond acceptors (Lipinski definition) is 2. The van der Waals surface area contributed by atoms with Gasteiger partial charge in [0.2, 0.25) is 0 Å². The van der Waals surface area contributed by atoms with E-state index in [0.717, 1.165) is 42.2 Å². The maximum Gasteiger partial charge on any atom is 0.110 e. The highest BCUT2D eigenvalue weighted by molar-refractivity contribution is 6.31. The molecule has 19 heavy (non-hydrogen) atoms. The van der Waals surface area contributed by atoms with Crippen LogP contribution >= 0.6 is 11.6 Å². The number of nitrogens with two attached hydrogens (primary N) is 1. The lowest BCUT2D eigenvalue weighted by Crippen LogP contribution is -2.27. The van der Waals surface area contributed by atoms with Crippen molar-refractivity contribution in [3.05, 3.63) is 53.1 Å². The topological polar surface area (TPSA) is 43.8 Å². The zero-order valence-electron chi connectivity index (χ0n) is 11.2. The Labute approximate surface area is 119 Å². The average Bonchev–Trinajstić information content (AvgIpc) is 2.80. The summed E-state index contributed by atoms with van der Waals surface area (Å²) in [6.07, 6.45) is 6.51. The van der Waals surface area contributed by atoms with Gasteiger partial charge >= 0.3 is 0 Å². The van der Waals surface area contributed by atoms with Crippen molar-refractivity contribution in [2.24, 2.45) is 5.73 Å². The number of aryl methyl sites for hydroxylation is 1. The van der Waals surface area contributed by atoms with Crippen molar-refractivity contribution in [2.75, 3.05) is 0 Å². The molecule has 0 aliphatic rings. The lowest BCUT2D eigenvalue weighted by Gasteiger charge is -2.13. The maximum absolute atomic E-state index is 6.22. The molecule has 3 nitrogen and oxygen atoms in total. The summed E-state index contributed by atoms with van der Waals surface area (Å²) in [5.41, 5.74) is 7.32. The van der Waals surface area contributed by atoms with Crippen LogP contribution in [0.4, 0.5) is 0 Å². The number of halogens is 1. The number of benzene rings is 1. The largest absolute Gasteiger partial charge is 0.335 e. The Hall–Kier alpha value is -1.32. The highest BCUT2D eigenvalue weighted by atomic mass is 35.5. The predicted octanol–water partition coefficient (Wildman–Crippen LogP) is 3.06. The van der Waals surface area contributed by atoms with Crippen molar-refractivity contribution in [2.45, 2.75) is 38.8 Å². The van der Waals surface area contributed by atoms with Crippen molar-refractivity contribution in [1.82, 2.24) is 9.55 Å². The summed E-state index contributed by atoms with van der Waals surface area (Å²) in [7, 11) is 0. The van der Waals surface area contributed by atoms with Gasteiger partial charge in [-0.1, -0.05) is 36.7 Å². The van der Waals surface area contributed by atoms with Gasteiger partial charge in [-0.3, -0.25) is 0 Å². The molecule has 102 valence electrons. The lowest BCUT2D eigenvalue weighted by atomic mass is 10.0. The second-order valence-corrected chi connectivity index (χ2v) is 5.20. The van der Waals surface area contributed by atoms with Gasteiger partial charge in [-0.05, 0) is 24.5 Å². The van der Waals surface area contributed by atoms with Gasteiger partial charge in [-0.25, -0.2) is 4.98 Å². The Bertz CT molecular complexity index is 522. The van der Waals surface area contributed by atoms with Crippen LogP contribution in [-0.2, 0) is 19.4 Å². The van der Waals surface area contributed by atoms with Gasteiger partial charge in [0.1, 0.15) is 5.82 Å². The third kappa shape index (κ3) is 3.82. The minimum absolute atomic E-state index is 0.0397. The Morgan fingerprint density at radius 2 is 2.11 bits per heavy atom. The summed E-state index contributed by atoms with van der Waals surface area (Å²) in [5, 5.41) is 0.787. The minimum atomic E-state index is 0.0397. The Morgan fingerprint density at radius 1 is 1.32 bits per heavy atom. The molecule has 0 radical (unpaired) electrons. The molecule has 1 atom stereocenters. The Morgan fingerprint density at radius 3 is 2.84 bits per heavy atom. The van der Waals surface area contributed by atoms with Crippen LogP contribution in [0.25, 0.3) is 0 Å². The fourth-order valence-corrected chi connectivity index (χ4v) is 2.44. The van der Waals surface area contributed by atoms with E-state index in [-0.39, 0.29) is 6.04 Å². The molecule has 1 aromatic heterocycles. The number of nitrogens with zero attached hydrogens (tertiary/aromatic N) is 2. The van der Waals surface area contributed by atoms with E-state index in [1.54, 1.807) is 0 Å². The van der Waals surface area contributed by atoms with Crippen molar-refractivity contribution in [3.63, 3.8) is 0 Å². The second-order valence-electron chi connectivity index (χ2n) is 4.80. The zero-order valence-corrected chi connectivity index (χ0v) is 12.0. The molecular formula is C15H20ClN3. The molecule has 4 heteroatoms. The third-order valence-electron chi connectivity index (χ3n) is 3.15. The van der Waals surface area contributed by atoms with E-state index in [9.17, 15) is 0 Å². The minimum Gasteiger partial charge on any atom is -0.335 e. The van der Waals surface area contributed by atoms with Crippen LogP contribution in [-0.4, -0.2) is 15.6 Å². The van der Waals surface area contributed by atoms with E-state index >= 15 is 0 Å². The summed E-state index contributed by atoms with van der Waals surface area (Å²) < 4.78 is 2.17. The summed E-state index contributed by atoms with van der Waals surface area (Å²) in [4.78, 5) is 4.39. The van der Waals surface area contributed by atoms with Crippen LogP contribution in [0.1, 0.15) is 24.7 Å². The quantitative estimate of drug-likeness (QED) is 0.882. The van der Waals surface area contributed by atoms with Crippen LogP contribution in [0.2, 0.25) is 5.02 Å². The maximum atomic E-state index is 6.22. The number of rotatable bonds is 6. The number of hydrogen-bond donors (Lipinski definition) is 1. The highest BCUT2D eigenvalue weighted by Crippen LogP contribution is 2.17. The first-order chi connectivity index (χ1) is 9.20. The molecule has 0 aliphatic heterocycles. The normalized spacial score (nSPS) is 12.6. The van der Waals surface area contributed by atoms with Gasteiger partial charge in [0.15, 0.2) is 0 Å². The van der Waals surface area contributed by atoms with Crippen LogP contribution in [0.5, 0.6) is 0 Å². The van der Waals surface area contributed by atoms with Crippen molar-refractivity contribution in [3.8, 4) is 0 Å². The predicted molar refractivity (Wildman–Crippen MR) is 79.4 cm³/mol. The summed E-state index contributed by atoms with van der Waals surface area (Å²) in [5.74, 6) is 1.06. The van der Waals surface area contributed by atoms with E-state index in [0.29, 0.717) is 0 Å².